The number of benzene rings is 1. The maximum Gasteiger partial charge on any atom is 0.227 e. The fourth-order valence-electron chi connectivity index (χ4n) is 2.95. The van der Waals surface area contributed by atoms with E-state index in [0.717, 1.165) is 23.2 Å². The van der Waals surface area contributed by atoms with Crippen LogP contribution in [0.3, 0.4) is 0 Å². The average Bonchev–Trinajstić information content (AvgIpc) is 3.09. The summed E-state index contributed by atoms with van der Waals surface area (Å²) in [5, 5.41) is 9.84. The van der Waals surface area contributed by atoms with E-state index in [2.05, 4.69) is 20.8 Å². The van der Waals surface area contributed by atoms with E-state index in [4.69, 9.17) is 4.52 Å². The van der Waals surface area contributed by atoms with Crippen LogP contribution in [0.5, 0.6) is 0 Å². The van der Waals surface area contributed by atoms with E-state index < -0.39 is 0 Å². The number of nitrogens with zero attached hydrogens (tertiary/aromatic N) is 2. The van der Waals surface area contributed by atoms with Crippen molar-refractivity contribution in [2.45, 2.75) is 64.8 Å². The SMILES string of the molecule is CC(NC(=O)CCc1nc(C(C)(C)C)no1)c1ccc2c(c1)CCC(=O)N2. The van der Waals surface area contributed by atoms with Crippen LogP contribution in [0.1, 0.15) is 69.4 Å². The van der Waals surface area contributed by atoms with Crippen molar-refractivity contribution in [3.8, 4) is 0 Å². The summed E-state index contributed by atoms with van der Waals surface area (Å²) in [6, 6.07) is 5.76. The van der Waals surface area contributed by atoms with Crippen LogP contribution in [0, 0.1) is 0 Å². The Kier molecular flexibility index (Phi) is 5.30. The molecule has 2 N–H and O–H groups in total. The summed E-state index contributed by atoms with van der Waals surface area (Å²) in [5.41, 5.74) is 2.81. The van der Waals surface area contributed by atoms with Gasteiger partial charge in [0.15, 0.2) is 5.82 Å². The molecule has 0 saturated heterocycles. The van der Waals surface area contributed by atoms with Gasteiger partial charge in [-0.1, -0.05) is 38.1 Å². The molecule has 3 rings (SSSR count). The quantitative estimate of drug-likeness (QED) is 0.843. The second kappa shape index (κ2) is 7.50. The van der Waals surface area contributed by atoms with Crippen molar-refractivity contribution in [3.05, 3.63) is 41.0 Å². The van der Waals surface area contributed by atoms with E-state index in [1.54, 1.807) is 0 Å². The molecular weight excluding hydrogens is 344 g/mol. The van der Waals surface area contributed by atoms with Gasteiger partial charge >= 0.3 is 0 Å². The molecule has 1 unspecified atom stereocenters. The van der Waals surface area contributed by atoms with E-state index in [0.29, 0.717) is 24.6 Å². The van der Waals surface area contributed by atoms with Crippen LogP contribution in [0.2, 0.25) is 0 Å². The van der Waals surface area contributed by atoms with Crippen LogP contribution < -0.4 is 10.6 Å². The first kappa shape index (κ1) is 19.1. The lowest BCUT2D eigenvalue weighted by Crippen LogP contribution is -2.27. The highest BCUT2D eigenvalue weighted by Crippen LogP contribution is 2.26. The molecular formula is C20H26N4O3. The van der Waals surface area contributed by atoms with Crippen molar-refractivity contribution < 1.29 is 14.1 Å². The summed E-state index contributed by atoms with van der Waals surface area (Å²) in [7, 11) is 0. The van der Waals surface area contributed by atoms with Gasteiger partial charge in [0.05, 0.1) is 6.04 Å². The first-order chi connectivity index (χ1) is 12.7. The van der Waals surface area contributed by atoms with Gasteiger partial charge in [0.1, 0.15) is 0 Å². The van der Waals surface area contributed by atoms with Crippen LogP contribution >= 0.6 is 0 Å². The fraction of sp³-hybridized carbons (Fsp3) is 0.500. The van der Waals surface area contributed by atoms with Crippen LogP contribution in [-0.2, 0) is 27.8 Å². The highest BCUT2D eigenvalue weighted by Gasteiger charge is 2.21. The molecule has 7 heteroatoms. The number of nitrogens with one attached hydrogen (secondary N) is 2. The number of rotatable bonds is 5. The number of aryl methyl sites for hydroxylation is 2. The highest BCUT2D eigenvalue weighted by atomic mass is 16.5. The van der Waals surface area contributed by atoms with Gasteiger partial charge in [0.2, 0.25) is 17.7 Å². The summed E-state index contributed by atoms with van der Waals surface area (Å²) in [4.78, 5) is 28.1. The Balaban J connectivity index is 1.55. The molecule has 7 nitrogen and oxygen atoms in total. The highest BCUT2D eigenvalue weighted by molar-refractivity contribution is 5.93. The van der Waals surface area contributed by atoms with Gasteiger partial charge in [-0.2, -0.15) is 4.98 Å². The molecule has 0 aliphatic carbocycles. The largest absolute Gasteiger partial charge is 0.350 e. The Hall–Kier alpha value is -2.70. The first-order valence-electron chi connectivity index (χ1n) is 9.27. The number of hydrogen-bond donors (Lipinski definition) is 2. The minimum Gasteiger partial charge on any atom is -0.350 e. The molecule has 2 aromatic rings. The summed E-state index contributed by atoms with van der Waals surface area (Å²) in [6.45, 7) is 7.99. The standard InChI is InChI=1S/C20H26N4O3/c1-12(13-5-7-15-14(11-13)6-8-17(26)22-15)21-16(25)9-10-18-23-19(24-27-18)20(2,3)4/h5,7,11-12H,6,8-10H2,1-4H3,(H,21,25)(H,22,26). The van der Waals surface area contributed by atoms with Crippen molar-refractivity contribution in [1.82, 2.24) is 15.5 Å². The molecule has 0 bridgehead atoms. The molecule has 2 heterocycles. The molecule has 1 aliphatic rings. The number of amides is 2. The molecule has 1 aromatic heterocycles. The third kappa shape index (κ3) is 4.72. The zero-order valence-electron chi connectivity index (χ0n) is 16.3. The summed E-state index contributed by atoms with van der Waals surface area (Å²) in [6.07, 6.45) is 1.93. The first-order valence-corrected chi connectivity index (χ1v) is 9.27. The van der Waals surface area contributed by atoms with Gasteiger partial charge in [-0.3, -0.25) is 9.59 Å². The number of carbonyl (C=O) groups is 2. The van der Waals surface area contributed by atoms with Gasteiger partial charge in [-0.05, 0) is 30.5 Å². The lowest BCUT2D eigenvalue weighted by molar-refractivity contribution is -0.121. The Morgan fingerprint density at radius 1 is 1.33 bits per heavy atom. The van der Waals surface area contributed by atoms with Crippen molar-refractivity contribution in [2.24, 2.45) is 0 Å². The number of carbonyl (C=O) groups excluding carboxylic acids is 2. The van der Waals surface area contributed by atoms with E-state index in [-0.39, 0.29) is 29.7 Å². The Labute approximate surface area is 158 Å². The predicted molar refractivity (Wildman–Crippen MR) is 101 cm³/mol. The molecule has 1 aromatic carbocycles. The maximum atomic E-state index is 12.3. The predicted octanol–water partition coefficient (Wildman–Crippen LogP) is 3.06. The molecule has 2 amide bonds. The van der Waals surface area contributed by atoms with Crippen molar-refractivity contribution in [3.63, 3.8) is 0 Å². The smallest absolute Gasteiger partial charge is 0.227 e. The zero-order valence-corrected chi connectivity index (χ0v) is 16.3. The second-order valence-corrected chi connectivity index (χ2v) is 8.02. The number of fused-ring (bicyclic) bond motifs is 1. The fourth-order valence-corrected chi connectivity index (χ4v) is 2.95. The van der Waals surface area contributed by atoms with Crippen molar-refractivity contribution in [2.75, 3.05) is 5.32 Å². The number of hydrogen-bond acceptors (Lipinski definition) is 5. The monoisotopic (exact) mass is 370 g/mol. The summed E-state index contributed by atoms with van der Waals surface area (Å²) < 4.78 is 5.23. The topological polar surface area (TPSA) is 97.1 Å². The second-order valence-electron chi connectivity index (χ2n) is 8.02. The molecule has 27 heavy (non-hydrogen) atoms. The molecule has 0 spiro atoms. The lowest BCUT2D eigenvalue weighted by atomic mass is 9.96. The van der Waals surface area contributed by atoms with Crippen molar-refractivity contribution in [1.29, 1.82) is 0 Å². The summed E-state index contributed by atoms with van der Waals surface area (Å²) >= 11 is 0. The Morgan fingerprint density at radius 3 is 2.81 bits per heavy atom. The van der Waals surface area contributed by atoms with E-state index >= 15 is 0 Å². The molecule has 1 atom stereocenters. The van der Waals surface area contributed by atoms with E-state index in [1.165, 1.54) is 0 Å². The zero-order chi connectivity index (χ0) is 19.6. The number of anilines is 1. The maximum absolute atomic E-state index is 12.3. The number of aromatic nitrogens is 2. The van der Waals surface area contributed by atoms with Gasteiger partial charge in [-0.25, -0.2) is 0 Å². The minimum absolute atomic E-state index is 0.0484. The Morgan fingerprint density at radius 2 is 2.11 bits per heavy atom. The van der Waals surface area contributed by atoms with Crippen LogP contribution in [0.15, 0.2) is 22.7 Å². The van der Waals surface area contributed by atoms with Crippen LogP contribution in [0.25, 0.3) is 0 Å². The van der Waals surface area contributed by atoms with Gasteiger partial charge in [0.25, 0.3) is 0 Å². The van der Waals surface area contributed by atoms with E-state index in [9.17, 15) is 9.59 Å². The average molecular weight is 370 g/mol. The van der Waals surface area contributed by atoms with Gasteiger partial charge < -0.3 is 15.2 Å². The lowest BCUT2D eigenvalue weighted by Gasteiger charge is -2.20. The molecule has 0 radical (unpaired) electrons. The van der Waals surface area contributed by atoms with Crippen molar-refractivity contribution >= 4 is 17.5 Å². The van der Waals surface area contributed by atoms with E-state index in [1.807, 2.05) is 45.9 Å². The normalized spacial score (nSPS) is 15.0. The molecule has 0 fully saturated rings. The Bertz CT molecular complexity index is 851. The van der Waals surface area contributed by atoms with Crippen LogP contribution in [-0.4, -0.2) is 22.0 Å². The third-order valence-corrected chi connectivity index (χ3v) is 4.61. The van der Waals surface area contributed by atoms with Gasteiger partial charge in [-0.15, -0.1) is 0 Å². The van der Waals surface area contributed by atoms with Crippen LogP contribution in [0.4, 0.5) is 5.69 Å². The minimum atomic E-state index is -0.176. The third-order valence-electron chi connectivity index (χ3n) is 4.61. The summed E-state index contributed by atoms with van der Waals surface area (Å²) in [5.74, 6) is 1.11. The molecule has 144 valence electrons. The molecule has 1 aliphatic heterocycles. The van der Waals surface area contributed by atoms with Gasteiger partial charge in [0, 0.05) is 30.4 Å². The molecule has 0 saturated carbocycles.